The second-order valence-electron chi connectivity index (χ2n) is 4.76. The van der Waals surface area contributed by atoms with Crippen molar-refractivity contribution in [1.29, 1.82) is 0 Å². The Morgan fingerprint density at radius 3 is 2.83 bits per heavy atom. The van der Waals surface area contributed by atoms with Gasteiger partial charge >= 0.3 is 0 Å². The number of anilines is 1. The maximum atomic E-state index is 12.5. The van der Waals surface area contributed by atoms with Crippen molar-refractivity contribution >= 4 is 11.7 Å². The number of nitrogens with one attached hydrogen (secondary N) is 1. The highest BCUT2D eigenvalue weighted by molar-refractivity contribution is 5.95. The summed E-state index contributed by atoms with van der Waals surface area (Å²) in [5.74, 6) is 5.97. The van der Waals surface area contributed by atoms with Gasteiger partial charge < -0.3 is 10.3 Å². The van der Waals surface area contributed by atoms with Gasteiger partial charge in [-0.15, -0.1) is 0 Å². The molecule has 1 aliphatic rings. The Morgan fingerprint density at radius 2 is 2.28 bits per heavy atom. The van der Waals surface area contributed by atoms with Crippen molar-refractivity contribution in [1.82, 2.24) is 9.88 Å². The first-order valence-electron chi connectivity index (χ1n) is 6.42. The van der Waals surface area contributed by atoms with Gasteiger partial charge in [-0.25, -0.2) is 10.8 Å². The van der Waals surface area contributed by atoms with Crippen molar-refractivity contribution in [2.75, 3.05) is 12.0 Å². The van der Waals surface area contributed by atoms with Crippen molar-refractivity contribution in [3.63, 3.8) is 0 Å². The van der Waals surface area contributed by atoms with Gasteiger partial charge in [0.2, 0.25) is 0 Å². The van der Waals surface area contributed by atoms with Crippen molar-refractivity contribution in [3.05, 3.63) is 23.4 Å². The van der Waals surface area contributed by atoms with Crippen LogP contribution in [0.15, 0.2) is 12.1 Å². The number of nitrogen functional groups attached to an aromatic ring is 1. The molecule has 5 nitrogen and oxygen atoms in total. The number of aromatic nitrogens is 1. The molecule has 18 heavy (non-hydrogen) atoms. The van der Waals surface area contributed by atoms with Gasteiger partial charge in [0.15, 0.2) is 0 Å². The van der Waals surface area contributed by atoms with E-state index >= 15 is 0 Å². The van der Waals surface area contributed by atoms with Gasteiger partial charge in [0.05, 0.1) is 0 Å². The first-order valence-corrected chi connectivity index (χ1v) is 6.42. The van der Waals surface area contributed by atoms with Crippen LogP contribution in [0.2, 0.25) is 0 Å². The Kier molecular flexibility index (Phi) is 3.81. The minimum absolute atomic E-state index is 0.0846. The highest BCUT2D eigenvalue weighted by Gasteiger charge is 2.32. The lowest BCUT2D eigenvalue weighted by molar-refractivity contribution is 0.0743. The molecule has 1 aromatic rings. The SMILES string of the molecule is CCCN(C(=O)c1cc(C)nc(NN)c1)C1CC1. The summed E-state index contributed by atoms with van der Waals surface area (Å²) in [6, 6.07) is 3.95. The molecule has 0 spiro atoms. The summed E-state index contributed by atoms with van der Waals surface area (Å²) in [4.78, 5) is 18.6. The number of nitrogens with two attached hydrogens (primary N) is 1. The Balaban J connectivity index is 2.23. The van der Waals surface area contributed by atoms with Gasteiger partial charge in [-0.05, 0) is 38.3 Å². The van der Waals surface area contributed by atoms with Gasteiger partial charge in [0.1, 0.15) is 5.82 Å². The standard InChI is InChI=1S/C13H20N4O/c1-3-6-17(11-4-5-11)13(18)10-7-9(2)15-12(8-10)16-14/h7-8,11H,3-6,14H2,1-2H3,(H,15,16). The van der Waals surface area contributed by atoms with Crippen LogP contribution in [-0.4, -0.2) is 28.4 Å². The van der Waals surface area contributed by atoms with E-state index in [-0.39, 0.29) is 5.91 Å². The number of hydrogen-bond donors (Lipinski definition) is 2. The molecule has 1 aliphatic carbocycles. The molecule has 0 saturated heterocycles. The van der Waals surface area contributed by atoms with E-state index in [0.29, 0.717) is 17.4 Å². The lowest BCUT2D eigenvalue weighted by Crippen LogP contribution is -2.34. The van der Waals surface area contributed by atoms with E-state index in [1.165, 1.54) is 0 Å². The van der Waals surface area contributed by atoms with E-state index in [2.05, 4.69) is 17.3 Å². The number of carbonyl (C=O) groups is 1. The zero-order valence-corrected chi connectivity index (χ0v) is 10.9. The average molecular weight is 248 g/mol. The number of amides is 1. The van der Waals surface area contributed by atoms with Crippen LogP contribution in [0.1, 0.15) is 42.2 Å². The summed E-state index contributed by atoms with van der Waals surface area (Å²) in [6.07, 6.45) is 3.23. The molecule has 1 saturated carbocycles. The highest BCUT2D eigenvalue weighted by Crippen LogP contribution is 2.28. The fourth-order valence-electron chi connectivity index (χ4n) is 2.11. The van der Waals surface area contributed by atoms with E-state index in [4.69, 9.17) is 5.84 Å². The largest absolute Gasteiger partial charge is 0.336 e. The molecule has 1 fully saturated rings. The molecule has 2 rings (SSSR count). The number of nitrogens with zero attached hydrogens (tertiary/aromatic N) is 2. The fraction of sp³-hybridized carbons (Fsp3) is 0.538. The molecule has 0 unspecified atom stereocenters. The van der Waals surface area contributed by atoms with Crippen molar-refractivity contribution < 1.29 is 4.79 Å². The molecule has 98 valence electrons. The van der Waals surface area contributed by atoms with Gasteiger partial charge in [-0.1, -0.05) is 6.92 Å². The molecular formula is C13H20N4O. The molecule has 1 amide bonds. The van der Waals surface area contributed by atoms with E-state index in [1.54, 1.807) is 6.07 Å². The molecule has 0 bridgehead atoms. The van der Waals surface area contributed by atoms with E-state index < -0.39 is 0 Å². The number of aryl methyl sites for hydroxylation is 1. The van der Waals surface area contributed by atoms with Crippen LogP contribution < -0.4 is 11.3 Å². The van der Waals surface area contributed by atoms with Crippen LogP contribution in [-0.2, 0) is 0 Å². The minimum atomic E-state index is 0.0846. The number of carbonyl (C=O) groups excluding carboxylic acids is 1. The Labute approximate surface area is 107 Å². The zero-order chi connectivity index (χ0) is 13.1. The van der Waals surface area contributed by atoms with Crippen LogP contribution >= 0.6 is 0 Å². The van der Waals surface area contributed by atoms with Gasteiger partial charge in [0, 0.05) is 23.8 Å². The smallest absolute Gasteiger partial charge is 0.254 e. The molecule has 0 atom stereocenters. The highest BCUT2D eigenvalue weighted by atomic mass is 16.2. The lowest BCUT2D eigenvalue weighted by Gasteiger charge is -2.22. The maximum Gasteiger partial charge on any atom is 0.254 e. The van der Waals surface area contributed by atoms with E-state index in [0.717, 1.165) is 31.5 Å². The van der Waals surface area contributed by atoms with Gasteiger partial charge in [-0.2, -0.15) is 0 Å². The lowest BCUT2D eigenvalue weighted by atomic mass is 10.2. The third-order valence-corrected chi connectivity index (χ3v) is 3.06. The summed E-state index contributed by atoms with van der Waals surface area (Å²) in [6.45, 7) is 4.77. The summed E-state index contributed by atoms with van der Waals surface area (Å²) < 4.78 is 0. The molecule has 1 heterocycles. The van der Waals surface area contributed by atoms with Crippen LogP contribution in [0.25, 0.3) is 0 Å². The third kappa shape index (κ3) is 2.79. The van der Waals surface area contributed by atoms with Crippen LogP contribution in [0.5, 0.6) is 0 Å². The van der Waals surface area contributed by atoms with E-state index in [9.17, 15) is 4.79 Å². The minimum Gasteiger partial charge on any atom is -0.336 e. The normalized spacial score (nSPS) is 14.4. The average Bonchev–Trinajstić information content (AvgIpc) is 3.18. The molecule has 0 aromatic carbocycles. The monoisotopic (exact) mass is 248 g/mol. The second kappa shape index (κ2) is 5.35. The first-order chi connectivity index (χ1) is 8.65. The molecule has 0 radical (unpaired) electrons. The Hall–Kier alpha value is -1.62. The quantitative estimate of drug-likeness (QED) is 0.614. The topological polar surface area (TPSA) is 71.2 Å². The summed E-state index contributed by atoms with van der Waals surface area (Å²) in [5.41, 5.74) is 3.95. The second-order valence-corrected chi connectivity index (χ2v) is 4.76. The summed E-state index contributed by atoms with van der Waals surface area (Å²) in [5, 5.41) is 0. The third-order valence-electron chi connectivity index (χ3n) is 3.06. The van der Waals surface area contributed by atoms with Gasteiger partial charge in [-0.3, -0.25) is 4.79 Å². The predicted octanol–water partition coefficient (Wildman–Crippen LogP) is 1.69. The summed E-state index contributed by atoms with van der Waals surface area (Å²) >= 11 is 0. The number of hydrogen-bond acceptors (Lipinski definition) is 4. The molecule has 5 heteroatoms. The van der Waals surface area contributed by atoms with Crippen molar-refractivity contribution in [2.45, 2.75) is 39.2 Å². The fourth-order valence-corrected chi connectivity index (χ4v) is 2.11. The van der Waals surface area contributed by atoms with E-state index in [1.807, 2.05) is 17.9 Å². The molecule has 1 aromatic heterocycles. The maximum absolute atomic E-state index is 12.5. The van der Waals surface area contributed by atoms with Crippen LogP contribution in [0.4, 0.5) is 5.82 Å². The molecule has 0 aliphatic heterocycles. The van der Waals surface area contributed by atoms with Crippen LogP contribution in [0.3, 0.4) is 0 Å². The number of rotatable bonds is 5. The van der Waals surface area contributed by atoms with Crippen LogP contribution in [0, 0.1) is 6.92 Å². The first kappa shape index (κ1) is 12.8. The summed E-state index contributed by atoms with van der Waals surface area (Å²) in [7, 11) is 0. The Morgan fingerprint density at radius 1 is 1.56 bits per heavy atom. The van der Waals surface area contributed by atoms with Crippen molar-refractivity contribution in [3.8, 4) is 0 Å². The Bertz CT molecular complexity index is 443. The van der Waals surface area contributed by atoms with Crippen molar-refractivity contribution in [2.24, 2.45) is 5.84 Å². The van der Waals surface area contributed by atoms with Gasteiger partial charge in [0.25, 0.3) is 5.91 Å². The molecular weight excluding hydrogens is 228 g/mol. The number of pyridine rings is 1. The predicted molar refractivity (Wildman–Crippen MR) is 71.1 cm³/mol. The molecule has 3 N–H and O–H groups in total. The zero-order valence-electron chi connectivity index (χ0n) is 10.9. The number of hydrazine groups is 1.